The molecule has 1 atom stereocenters. The lowest BCUT2D eigenvalue weighted by Crippen LogP contribution is -2.47. The van der Waals surface area contributed by atoms with Crippen LogP contribution in [0.5, 0.6) is 0 Å². The highest BCUT2D eigenvalue weighted by atomic mass is 32.1. The van der Waals surface area contributed by atoms with Crippen molar-refractivity contribution in [1.82, 2.24) is 15.1 Å². The van der Waals surface area contributed by atoms with E-state index in [0.717, 1.165) is 17.0 Å². The van der Waals surface area contributed by atoms with Crippen LogP contribution in [0.25, 0.3) is 10.6 Å². The van der Waals surface area contributed by atoms with Crippen molar-refractivity contribution in [3.63, 3.8) is 0 Å². The normalized spacial score (nSPS) is 17.4. The molecule has 0 spiro atoms. The number of benzene rings is 1. The van der Waals surface area contributed by atoms with E-state index in [1.165, 1.54) is 16.9 Å². The van der Waals surface area contributed by atoms with Crippen molar-refractivity contribution in [3.8, 4) is 10.6 Å². The summed E-state index contributed by atoms with van der Waals surface area (Å²) in [7, 11) is 0. The zero-order valence-corrected chi connectivity index (χ0v) is 16.4. The van der Waals surface area contributed by atoms with E-state index in [1.54, 1.807) is 4.90 Å². The predicted molar refractivity (Wildman–Crippen MR) is 103 cm³/mol. The largest absolute Gasteiger partial charge is 0.330 e. The zero-order chi connectivity index (χ0) is 18.9. The number of aryl methyl sites for hydroxylation is 1. The van der Waals surface area contributed by atoms with Gasteiger partial charge in [0.1, 0.15) is 11.0 Å². The number of carbonyl (C=O) groups is 2. The molecular formula is C19H24N4O2S. The fourth-order valence-corrected chi connectivity index (χ4v) is 3.74. The van der Waals surface area contributed by atoms with E-state index in [9.17, 15) is 9.59 Å². The number of rotatable bonds is 3. The van der Waals surface area contributed by atoms with Crippen LogP contribution in [0.4, 0.5) is 5.13 Å². The number of likely N-dealkylation sites (tertiary alicyclic amines) is 1. The Morgan fingerprint density at radius 1 is 1.19 bits per heavy atom. The molecule has 1 aliphatic heterocycles. The molecule has 0 aliphatic carbocycles. The monoisotopic (exact) mass is 372 g/mol. The first-order valence-corrected chi connectivity index (χ1v) is 9.60. The second-order valence-corrected chi connectivity index (χ2v) is 8.65. The summed E-state index contributed by atoms with van der Waals surface area (Å²) < 4.78 is 0. The number of nitrogens with zero attached hydrogens (tertiary/aromatic N) is 3. The zero-order valence-electron chi connectivity index (χ0n) is 15.6. The number of aromatic nitrogens is 2. The molecule has 1 aliphatic rings. The van der Waals surface area contributed by atoms with Crippen molar-refractivity contribution in [1.29, 1.82) is 0 Å². The van der Waals surface area contributed by atoms with Crippen LogP contribution in [0.15, 0.2) is 24.3 Å². The summed E-state index contributed by atoms with van der Waals surface area (Å²) in [5.41, 5.74) is 1.65. The average molecular weight is 372 g/mol. The molecule has 3 rings (SSSR count). The van der Waals surface area contributed by atoms with E-state index in [1.807, 2.05) is 52.0 Å². The first-order valence-electron chi connectivity index (χ1n) is 8.78. The first kappa shape index (κ1) is 18.5. The minimum atomic E-state index is -0.496. The lowest BCUT2D eigenvalue weighted by Gasteiger charge is -2.29. The van der Waals surface area contributed by atoms with Gasteiger partial charge in [-0.1, -0.05) is 61.9 Å². The Labute approximate surface area is 157 Å². The fraction of sp³-hybridized carbons (Fsp3) is 0.474. The molecule has 0 bridgehead atoms. The molecule has 2 heterocycles. The SMILES string of the molecule is Cc1ccc(-c2nnc(NC(=O)C3CCCN3C(=O)C(C)(C)C)s2)cc1. The van der Waals surface area contributed by atoms with Gasteiger partial charge in [0.25, 0.3) is 0 Å². The standard InChI is InChI=1S/C19H24N4O2S/c1-12-7-9-13(10-8-12)16-21-22-18(26-16)20-15(24)14-6-5-11-23(14)17(25)19(2,3)4/h7-10,14H,5-6,11H2,1-4H3,(H,20,22,24). The summed E-state index contributed by atoms with van der Waals surface area (Å²) in [5.74, 6) is -0.181. The molecule has 2 amide bonds. The molecule has 1 fully saturated rings. The van der Waals surface area contributed by atoms with Crippen molar-refractivity contribution < 1.29 is 9.59 Å². The van der Waals surface area contributed by atoms with Gasteiger partial charge in [-0.15, -0.1) is 10.2 Å². The molecule has 138 valence electrons. The van der Waals surface area contributed by atoms with Crippen molar-refractivity contribution >= 4 is 28.3 Å². The number of carbonyl (C=O) groups excluding carboxylic acids is 2. The fourth-order valence-electron chi connectivity index (χ4n) is 2.99. The minimum Gasteiger partial charge on any atom is -0.330 e. The second kappa shape index (κ2) is 7.15. The van der Waals surface area contributed by atoms with Gasteiger partial charge in [-0.2, -0.15) is 0 Å². The molecule has 7 heteroatoms. The Balaban J connectivity index is 1.70. The van der Waals surface area contributed by atoms with Crippen LogP contribution in [0.2, 0.25) is 0 Å². The van der Waals surface area contributed by atoms with Gasteiger partial charge in [-0.25, -0.2) is 0 Å². The Hall–Kier alpha value is -2.28. The summed E-state index contributed by atoms with van der Waals surface area (Å²) >= 11 is 1.34. The highest BCUT2D eigenvalue weighted by Crippen LogP contribution is 2.29. The van der Waals surface area contributed by atoms with Gasteiger partial charge in [-0.3, -0.25) is 14.9 Å². The van der Waals surface area contributed by atoms with E-state index in [4.69, 9.17) is 0 Å². The molecule has 6 nitrogen and oxygen atoms in total. The molecule has 1 N–H and O–H groups in total. The van der Waals surface area contributed by atoms with E-state index in [2.05, 4.69) is 15.5 Å². The van der Waals surface area contributed by atoms with Crippen molar-refractivity contribution in [2.75, 3.05) is 11.9 Å². The third kappa shape index (κ3) is 3.93. The Morgan fingerprint density at radius 3 is 2.54 bits per heavy atom. The molecule has 1 unspecified atom stereocenters. The van der Waals surface area contributed by atoms with E-state index < -0.39 is 11.5 Å². The van der Waals surface area contributed by atoms with Crippen molar-refractivity contribution in [3.05, 3.63) is 29.8 Å². The van der Waals surface area contributed by atoms with Gasteiger partial charge < -0.3 is 4.90 Å². The summed E-state index contributed by atoms with van der Waals surface area (Å²) in [6.07, 6.45) is 1.52. The topological polar surface area (TPSA) is 75.2 Å². The number of hydrogen-bond acceptors (Lipinski definition) is 5. The minimum absolute atomic E-state index is 0.00718. The summed E-state index contributed by atoms with van der Waals surface area (Å²) in [5, 5.41) is 12.3. The van der Waals surface area contributed by atoms with Crippen LogP contribution >= 0.6 is 11.3 Å². The Kier molecular flexibility index (Phi) is 5.09. The molecule has 26 heavy (non-hydrogen) atoms. The maximum Gasteiger partial charge on any atom is 0.249 e. The van der Waals surface area contributed by atoms with Crippen LogP contribution in [-0.2, 0) is 9.59 Å². The quantitative estimate of drug-likeness (QED) is 0.895. The third-order valence-corrected chi connectivity index (χ3v) is 5.30. The average Bonchev–Trinajstić information content (AvgIpc) is 3.23. The Morgan fingerprint density at radius 2 is 1.88 bits per heavy atom. The summed E-state index contributed by atoms with van der Waals surface area (Å²) in [6.45, 7) is 8.28. The molecule has 1 saturated heterocycles. The van der Waals surface area contributed by atoms with E-state index in [-0.39, 0.29) is 11.8 Å². The van der Waals surface area contributed by atoms with Gasteiger partial charge in [0.15, 0.2) is 0 Å². The molecule has 0 saturated carbocycles. The third-order valence-electron chi connectivity index (χ3n) is 4.41. The van der Waals surface area contributed by atoms with Gasteiger partial charge in [0.05, 0.1) is 0 Å². The Bertz CT molecular complexity index is 808. The molecule has 1 aromatic heterocycles. The number of amides is 2. The number of nitrogens with one attached hydrogen (secondary N) is 1. The summed E-state index contributed by atoms with van der Waals surface area (Å²) in [6, 6.07) is 7.57. The van der Waals surface area contributed by atoms with Gasteiger partial charge >= 0.3 is 0 Å². The van der Waals surface area contributed by atoms with Crippen LogP contribution in [0.3, 0.4) is 0 Å². The predicted octanol–water partition coefficient (Wildman–Crippen LogP) is 3.49. The molecule has 1 aromatic carbocycles. The number of hydrogen-bond donors (Lipinski definition) is 1. The highest BCUT2D eigenvalue weighted by Gasteiger charge is 2.38. The van der Waals surface area contributed by atoms with Gasteiger partial charge in [-0.05, 0) is 19.8 Å². The molecule has 2 aromatic rings. The highest BCUT2D eigenvalue weighted by molar-refractivity contribution is 7.18. The van der Waals surface area contributed by atoms with Gasteiger partial charge in [0.2, 0.25) is 16.9 Å². The lowest BCUT2D eigenvalue weighted by molar-refractivity contribution is -0.143. The van der Waals surface area contributed by atoms with E-state index in [0.29, 0.717) is 18.1 Å². The van der Waals surface area contributed by atoms with Crippen LogP contribution < -0.4 is 5.32 Å². The molecular weight excluding hydrogens is 348 g/mol. The maximum absolute atomic E-state index is 12.7. The van der Waals surface area contributed by atoms with Crippen LogP contribution in [0, 0.1) is 12.3 Å². The van der Waals surface area contributed by atoms with Gasteiger partial charge in [0, 0.05) is 17.5 Å². The maximum atomic E-state index is 12.7. The lowest BCUT2D eigenvalue weighted by atomic mass is 9.94. The first-order chi connectivity index (χ1) is 12.3. The summed E-state index contributed by atoms with van der Waals surface area (Å²) in [4.78, 5) is 26.9. The smallest absolute Gasteiger partial charge is 0.249 e. The van der Waals surface area contributed by atoms with Crippen molar-refractivity contribution in [2.45, 2.75) is 46.6 Å². The van der Waals surface area contributed by atoms with Crippen molar-refractivity contribution in [2.24, 2.45) is 5.41 Å². The van der Waals surface area contributed by atoms with Crippen LogP contribution in [-0.4, -0.2) is 39.5 Å². The van der Waals surface area contributed by atoms with E-state index >= 15 is 0 Å². The second-order valence-electron chi connectivity index (χ2n) is 7.67. The number of anilines is 1. The molecule has 0 radical (unpaired) electrons. The van der Waals surface area contributed by atoms with Crippen LogP contribution in [0.1, 0.15) is 39.2 Å².